The molecule has 0 saturated carbocycles. The van der Waals surface area contributed by atoms with Gasteiger partial charge in [0.15, 0.2) is 0 Å². The molecular weight excluding hydrogens is 355 g/mol. The first-order chi connectivity index (χ1) is 9.74. The van der Waals surface area contributed by atoms with Gasteiger partial charge in [0.25, 0.3) is 0 Å². The quantitative estimate of drug-likeness (QED) is 0.573. The van der Waals surface area contributed by atoms with E-state index in [1.165, 1.54) is 25.8 Å². The van der Waals surface area contributed by atoms with Crippen LogP contribution in [-0.4, -0.2) is 0 Å². The third-order valence-corrected chi connectivity index (χ3v) is 5.77. The minimum atomic E-state index is 0.175. The molecule has 0 N–H and O–H groups in total. The molecule has 1 aliphatic rings. The van der Waals surface area contributed by atoms with Gasteiger partial charge in [-0.2, -0.15) is 0 Å². The largest absolute Gasteiger partial charge is 0.0642 e. The SMILES string of the molecule is CCC1(CC)C(c2ccccc2)=C(I)c2ccccc21. The summed E-state index contributed by atoms with van der Waals surface area (Å²) in [6, 6.07) is 19.8. The van der Waals surface area contributed by atoms with Crippen LogP contribution in [0.25, 0.3) is 9.15 Å². The van der Waals surface area contributed by atoms with Crippen LogP contribution < -0.4 is 0 Å². The van der Waals surface area contributed by atoms with Crippen molar-refractivity contribution in [3.8, 4) is 0 Å². The number of allylic oxidation sites excluding steroid dienone is 1. The Labute approximate surface area is 135 Å². The predicted molar refractivity (Wildman–Crippen MR) is 96.0 cm³/mol. The lowest BCUT2D eigenvalue weighted by Gasteiger charge is -2.32. The molecule has 0 radical (unpaired) electrons. The van der Waals surface area contributed by atoms with Gasteiger partial charge in [0.05, 0.1) is 0 Å². The van der Waals surface area contributed by atoms with Gasteiger partial charge in [-0.05, 0) is 57.7 Å². The Bertz CT molecular complexity index is 648. The Morgan fingerprint density at radius 2 is 1.45 bits per heavy atom. The first-order valence-corrected chi connectivity index (χ1v) is 8.38. The van der Waals surface area contributed by atoms with Crippen molar-refractivity contribution in [3.05, 3.63) is 71.3 Å². The molecule has 0 fully saturated rings. The molecule has 20 heavy (non-hydrogen) atoms. The van der Waals surface area contributed by atoms with E-state index in [1.807, 2.05) is 0 Å². The summed E-state index contributed by atoms with van der Waals surface area (Å²) in [6.45, 7) is 4.64. The van der Waals surface area contributed by atoms with Crippen LogP contribution in [0.2, 0.25) is 0 Å². The van der Waals surface area contributed by atoms with Crippen LogP contribution >= 0.6 is 22.6 Å². The number of benzene rings is 2. The summed E-state index contributed by atoms with van der Waals surface area (Å²) in [5.74, 6) is 0. The summed E-state index contributed by atoms with van der Waals surface area (Å²) in [5, 5.41) is 0. The van der Waals surface area contributed by atoms with Gasteiger partial charge in [0, 0.05) is 8.99 Å². The average Bonchev–Trinajstić information content (AvgIpc) is 2.78. The Morgan fingerprint density at radius 1 is 0.850 bits per heavy atom. The number of hydrogen-bond donors (Lipinski definition) is 0. The average molecular weight is 374 g/mol. The molecule has 102 valence electrons. The van der Waals surface area contributed by atoms with Gasteiger partial charge in [-0.15, -0.1) is 0 Å². The van der Waals surface area contributed by atoms with Gasteiger partial charge in [-0.25, -0.2) is 0 Å². The summed E-state index contributed by atoms with van der Waals surface area (Å²) >= 11 is 2.54. The second-order valence-corrected chi connectivity index (χ2v) is 6.47. The smallest absolute Gasteiger partial charge is 0.0252 e. The maximum absolute atomic E-state index is 2.54. The summed E-state index contributed by atoms with van der Waals surface area (Å²) < 4.78 is 1.42. The molecule has 1 aliphatic carbocycles. The summed E-state index contributed by atoms with van der Waals surface area (Å²) in [4.78, 5) is 0. The molecule has 0 heterocycles. The molecule has 0 amide bonds. The van der Waals surface area contributed by atoms with E-state index >= 15 is 0 Å². The molecule has 2 aromatic carbocycles. The van der Waals surface area contributed by atoms with E-state index in [4.69, 9.17) is 0 Å². The maximum Gasteiger partial charge on any atom is 0.0252 e. The predicted octanol–water partition coefficient (Wildman–Crippen LogP) is 6.06. The molecule has 0 unspecified atom stereocenters. The fourth-order valence-electron chi connectivity index (χ4n) is 3.56. The van der Waals surface area contributed by atoms with Crippen LogP contribution in [0.3, 0.4) is 0 Å². The Morgan fingerprint density at radius 3 is 2.10 bits per heavy atom. The lowest BCUT2D eigenvalue weighted by molar-refractivity contribution is 0.522. The van der Waals surface area contributed by atoms with Gasteiger partial charge in [0.2, 0.25) is 0 Å². The highest BCUT2D eigenvalue weighted by molar-refractivity contribution is 14.1. The standard InChI is InChI=1S/C19H19I/c1-3-19(4-2)16-13-9-8-12-15(16)18(20)17(19)14-10-6-5-7-11-14/h5-13H,3-4H2,1-2H3. The van der Waals surface area contributed by atoms with Crippen molar-refractivity contribution < 1.29 is 0 Å². The molecule has 0 aliphatic heterocycles. The van der Waals surface area contributed by atoms with Crippen molar-refractivity contribution in [2.24, 2.45) is 0 Å². The van der Waals surface area contributed by atoms with E-state index in [9.17, 15) is 0 Å². The van der Waals surface area contributed by atoms with Gasteiger partial charge in [-0.1, -0.05) is 68.4 Å². The number of rotatable bonds is 3. The Hall–Kier alpha value is -1.09. The van der Waals surface area contributed by atoms with E-state index in [1.54, 1.807) is 0 Å². The van der Waals surface area contributed by atoms with Crippen molar-refractivity contribution in [2.75, 3.05) is 0 Å². The number of halogens is 1. The zero-order chi connectivity index (χ0) is 14.2. The van der Waals surface area contributed by atoms with Crippen LogP contribution in [0.4, 0.5) is 0 Å². The van der Waals surface area contributed by atoms with Gasteiger partial charge >= 0.3 is 0 Å². The lowest BCUT2D eigenvalue weighted by atomic mass is 9.71. The van der Waals surface area contributed by atoms with Crippen molar-refractivity contribution >= 4 is 31.7 Å². The lowest BCUT2D eigenvalue weighted by Crippen LogP contribution is -2.23. The van der Waals surface area contributed by atoms with Crippen molar-refractivity contribution in [1.29, 1.82) is 0 Å². The van der Waals surface area contributed by atoms with E-state index < -0.39 is 0 Å². The molecule has 0 nitrogen and oxygen atoms in total. The van der Waals surface area contributed by atoms with Crippen LogP contribution in [0, 0.1) is 0 Å². The maximum atomic E-state index is 2.54. The summed E-state index contributed by atoms with van der Waals surface area (Å²) in [5.41, 5.74) is 6.00. The topological polar surface area (TPSA) is 0 Å². The van der Waals surface area contributed by atoms with Crippen molar-refractivity contribution in [2.45, 2.75) is 32.1 Å². The molecule has 0 saturated heterocycles. The van der Waals surface area contributed by atoms with Crippen LogP contribution in [0.5, 0.6) is 0 Å². The van der Waals surface area contributed by atoms with Crippen LogP contribution in [0.15, 0.2) is 54.6 Å². The van der Waals surface area contributed by atoms with Crippen molar-refractivity contribution in [1.82, 2.24) is 0 Å². The normalized spacial score (nSPS) is 16.4. The van der Waals surface area contributed by atoms with E-state index in [2.05, 4.69) is 91.0 Å². The second kappa shape index (κ2) is 5.36. The van der Waals surface area contributed by atoms with Crippen molar-refractivity contribution in [3.63, 3.8) is 0 Å². The molecule has 0 bridgehead atoms. The fourth-order valence-corrected chi connectivity index (χ4v) is 4.86. The van der Waals surface area contributed by atoms with Gasteiger partial charge in [0.1, 0.15) is 0 Å². The third-order valence-electron chi connectivity index (χ3n) is 4.65. The van der Waals surface area contributed by atoms with E-state index in [0.29, 0.717) is 0 Å². The van der Waals surface area contributed by atoms with Gasteiger partial charge in [-0.3, -0.25) is 0 Å². The monoisotopic (exact) mass is 374 g/mol. The Kier molecular flexibility index (Phi) is 3.72. The third kappa shape index (κ3) is 1.86. The molecule has 0 atom stereocenters. The van der Waals surface area contributed by atoms with E-state index in [0.717, 1.165) is 12.8 Å². The first kappa shape index (κ1) is 13.9. The minimum absolute atomic E-state index is 0.175. The highest BCUT2D eigenvalue weighted by atomic mass is 127. The fraction of sp³-hybridized carbons (Fsp3) is 0.263. The Balaban J connectivity index is 2.30. The second-order valence-electron chi connectivity index (χ2n) is 5.39. The highest BCUT2D eigenvalue weighted by Gasteiger charge is 2.42. The summed E-state index contributed by atoms with van der Waals surface area (Å²) in [7, 11) is 0. The van der Waals surface area contributed by atoms with Gasteiger partial charge < -0.3 is 0 Å². The molecule has 2 aromatic rings. The molecule has 0 aromatic heterocycles. The number of hydrogen-bond acceptors (Lipinski definition) is 0. The first-order valence-electron chi connectivity index (χ1n) is 7.30. The summed E-state index contributed by atoms with van der Waals surface area (Å²) in [6.07, 6.45) is 2.30. The molecule has 3 rings (SSSR count). The van der Waals surface area contributed by atoms with E-state index in [-0.39, 0.29) is 5.41 Å². The highest BCUT2D eigenvalue weighted by Crippen LogP contribution is 2.56. The molecular formula is C19H19I. The van der Waals surface area contributed by atoms with Crippen LogP contribution in [0.1, 0.15) is 43.4 Å². The minimum Gasteiger partial charge on any atom is -0.0642 e. The molecule has 0 spiro atoms. The number of fused-ring (bicyclic) bond motifs is 1. The van der Waals surface area contributed by atoms with Crippen LogP contribution in [-0.2, 0) is 5.41 Å². The zero-order valence-corrected chi connectivity index (χ0v) is 14.1. The zero-order valence-electron chi connectivity index (χ0n) is 12.0. The molecule has 1 heteroatoms.